The lowest BCUT2D eigenvalue weighted by Gasteiger charge is -2.14. The molecule has 0 aliphatic carbocycles. The number of hydrogen-bond donors (Lipinski definition) is 0. The maximum Gasteiger partial charge on any atom is 0.261 e. The van der Waals surface area contributed by atoms with Gasteiger partial charge in [0, 0.05) is 11.4 Å². The Labute approximate surface area is 115 Å². The number of imide groups is 1. The van der Waals surface area contributed by atoms with Crippen LogP contribution in [0.25, 0.3) is 0 Å². The van der Waals surface area contributed by atoms with Crippen molar-refractivity contribution in [2.24, 2.45) is 0 Å². The summed E-state index contributed by atoms with van der Waals surface area (Å²) in [6, 6.07) is 7.02. The van der Waals surface area contributed by atoms with Gasteiger partial charge in [-0.25, -0.2) is 0 Å². The van der Waals surface area contributed by atoms with E-state index >= 15 is 0 Å². The van der Waals surface area contributed by atoms with Gasteiger partial charge in [-0.1, -0.05) is 35.0 Å². The van der Waals surface area contributed by atoms with Crippen LogP contribution in [-0.2, 0) is 0 Å². The molecule has 4 heteroatoms. The van der Waals surface area contributed by atoms with E-state index in [1.807, 2.05) is 0 Å². The summed E-state index contributed by atoms with van der Waals surface area (Å²) < 4.78 is 0. The summed E-state index contributed by atoms with van der Waals surface area (Å²) in [7, 11) is 0. The zero-order valence-corrected chi connectivity index (χ0v) is 11.9. The van der Waals surface area contributed by atoms with Gasteiger partial charge in [-0.3, -0.25) is 14.5 Å². The van der Waals surface area contributed by atoms with Gasteiger partial charge in [0.1, 0.15) is 0 Å². The molecule has 1 atom stereocenters. The molecule has 0 unspecified atom stereocenters. The quantitative estimate of drug-likeness (QED) is 0.618. The molecule has 0 spiro atoms. The van der Waals surface area contributed by atoms with Crippen LogP contribution in [0.3, 0.4) is 0 Å². The van der Waals surface area contributed by atoms with Crippen LogP contribution >= 0.6 is 15.9 Å². The third kappa shape index (κ3) is 2.48. The molecule has 18 heavy (non-hydrogen) atoms. The zero-order valence-electron chi connectivity index (χ0n) is 10.4. The molecule has 0 radical (unpaired) electrons. The maximum atomic E-state index is 12.0. The fourth-order valence-electron chi connectivity index (χ4n) is 2.12. The minimum atomic E-state index is -0.154. The molecule has 2 rings (SSSR count). The van der Waals surface area contributed by atoms with Crippen molar-refractivity contribution in [2.45, 2.75) is 31.0 Å². The number of rotatable bonds is 5. The van der Waals surface area contributed by atoms with Crippen molar-refractivity contribution < 1.29 is 9.59 Å². The van der Waals surface area contributed by atoms with Crippen molar-refractivity contribution in [2.75, 3.05) is 6.54 Å². The van der Waals surface area contributed by atoms with Gasteiger partial charge in [-0.2, -0.15) is 0 Å². The first kappa shape index (κ1) is 13.3. The van der Waals surface area contributed by atoms with E-state index in [0.29, 0.717) is 22.5 Å². The van der Waals surface area contributed by atoms with Gasteiger partial charge >= 0.3 is 0 Å². The lowest BCUT2D eigenvalue weighted by Crippen LogP contribution is -2.31. The van der Waals surface area contributed by atoms with Crippen molar-refractivity contribution in [1.82, 2.24) is 4.90 Å². The Balaban J connectivity index is 2.01. The molecule has 0 N–H and O–H groups in total. The minimum Gasteiger partial charge on any atom is -0.274 e. The van der Waals surface area contributed by atoms with E-state index in [2.05, 4.69) is 22.9 Å². The molecule has 0 saturated carbocycles. The van der Waals surface area contributed by atoms with E-state index in [-0.39, 0.29) is 11.8 Å². The van der Waals surface area contributed by atoms with Crippen LogP contribution in [0.1, 0.15) is 46.9 Å². The number of hydrogen-bond acceptors (Lipinski definition) is 2. The van der Waals surface area contributed by atoms with Crippen LogP contribution < -0.4 is 0 Å². The number of nitrogens with zero attached hydrogens (tertiary/aromatic N) is 1. The zero-order chi connectivity index (χ0) is 13.1. The Bertz CT molecular complexity index is 438. The van der Waals surface area contributed by atoms with E-state index in [1.165, 1.54) is 4.90 Å². The molecule has 0 fully saturated rings. The Morgan fingerprint density at radius 1 is 1.17 bits per heavy atom. The van der Waals surface area contributed by atoms with Gasteiger partial charge in [-0.15, -0.1) is 0 Å². The van der Waals surface area contributed by atoms with Crippen LogP contribution in [0.15, 0.2) is 24.3 Å². The highest BCUT2D eigenvalue weighted by molar-refractivity contribution is 9.09. The van der Waals surface area contributed by atoms with Crippen molar-refractivity contribution >= 4 is 27.7 Å². The van der Waals surface area contributed by atoms with E-state index in [4.69, 9.17) is 0 Å². The van der Waals surface area contributed by atoms with Crippen molar-refractivity contribution in [3.8, 4) is 0 Å². The number of halogens is 1. The van der Waals surface area contributed by atoms with E-state index in [1.54, 1.807) is 24.3 Å². The number of amides is 2. The van der Waals surface area contributed by atoms with Crippen LogP contribution in [0.4, 0.5) is 0 Å². The molecule has 0 saturated heterocycles. The van der Waals surface area contributed by atoms with Gasteiger partial charge in [0.15, 0.2) is 0 Å². The first-order valence-corrected chi connectivity index (χ1v) is 7.16. The monoisotopic (exact) mass is 309 g/mol. The Morgan fingerprint density at radius 3 is 2.22 bits per heavy atom. The molecular weight excluding hydrogens is 294 g/mol. The molecule has 1 aromatic rings. The molecular formula is C14H16BrNO2. The van der Waals surface area contributed by atoms with Crippen LogP contribution in [-0.4, -0.2) is 28.1 Å². The van der Waals surface area contributed by atoms with Crippen molar-refractivity contribution in [1.29, 1.82) is 0 Å². The average molecular weight is 310 g/mol. The van der Waals surface area contributed by atoms with E-state index in [9.17, 15) is 9.59 Å². The topological polar surface area (TPSA) is 37.4 Å². The molecule has 0 bridgehead atoms. The van der Waals surface area contributed by atoms with Crippen LogP contribution in [0, 0.1) is 0 Å². The Morgan fingerprint density at radius 2 is 1.72 bits per heavy atom. The summed E-state index contributed by atoms with van der Waals surface area (Å²) in [4.78, 5) is 25.9. The van der Waals surface area contributed by atoms with Crippen molar-refractivity contribution in [3.05, 3.63) is 35.4 Å². The van der Waals surface area contributed by atoms with Gasteiger partial charge in [-0.05, 0) is 31.4 Å². The average Bonchev–Trinajstić information content (AvgIpc) is 2.64. The van der Waals surface area contributed by atoms with Gasteiger partial charge in [0.25, 0.3) is 11.8 Å². The van der Waals surface area contributed by atoms with E-state index in [0.717, 1.165) is 19.3 Å². The van der Waals surface area contributed by atoms with Gasteiger partial charge in [0.05, 0.1) is 11.1 Å². The molecule has 1 aromatic carbocycles. The standard InChI is InChI=1S/C14H16BrNO2/c1-2-10(15)6-5-9-16-13(17)11-7-3-4-8-12(11)14(16)18/h3-4,7-8,10H,2,5-6,9H2,1H3/t10-/m0/s1. The Hall–Kier alpha value is -1.16. The first-order valence-electron chi connectivity index (χ1n) is 6.24. The van der Waals surface area contributed by atoms with E-state index < -0.39 is 0 Å². The number of carbonyl (C=O) groups excluding carboxylic acids is 2. The summed E-state index contributed by atoms with van der Waals surface area (Å²) in [5.74, 6) is -0.309. The third-order valence-electron chi connectivity index (χ3n) is 3.22. The van der Waals surface area contributed by atoms with Crippen molar-refractivity contribution in [3.63, 3.8) is 0 Å². The number of fused-ring (bicyclic) bond motifs is 1. The number of alkyl halides is 1. The highest BCUT2D eigenvalue weighted by Gasteiger charge is 2.34. The number of carbonyl (C=O) groups is 2. The summed E-state index contributed by atoms with van der Waals surface area (Å²) in [5, 5.41) is 0. The molecule has 1 heterocycles. The predicted octanol–water partition coefficient (Wildman–Crippen LogP) is 3.24. The number of benzene rings is 1. The summed E-state index contributed by atoms with van der Waals surface area (Å²) in [6.45, 7) is 2.62. The molecule has 3 nitrogen and oxygen atoms in total. The predicted molar refractivity (Wildman–Crippen MR) is 74.0 cm³/mol. The summed E-state index contributed by atoms with van der Waals surface area (Å²) in [5.41, 5.74) is 1.07. The molecule has 0 aromatic heterocycles. The maximum absolute atomic E-state index is 12.0. The Kier molecular flexibility index (Phi) is 4.17. The molecule has 2 amide bonds. The SMILES string of the molecule is CC[C@H](Br)CCCN1C(=O)c2ccccc2C1=O. The molecule has 1 aliphatic rings. The summed E-state index contributed by atoms with van der Waals surface area (Å²) in [6.07, 6.45) is 2.88. The van der Waals surface area contributed by atoms with Crippen LogP contribution in [0.5, 0.6) is 0 Å². The van der Waals surface area contributed by atoms with Gasteiger partial charge in [0.2, 0.25) is 0 Å². The van der Waals surface area contributed by atoms with Crippen LogP contribution in [0.2, 0.25) is 0 Å². The molecule has 1 aliphatic heterocycles. The largest absolute Gasteiger partial charge is 0.274 e. The first-order chi connectivity index (χ1) is 8.65. The lowest BCUT2D eigenvalue weighted by molar-refractivity contribution is 0.0651. The highest BCUT2D eigenvalue weighted by Crippen LogP contribution is 2.23. The second-order valence-electron chi connectivity index (χ2n) is 4.46. The highest BCUT2D eigenvalue weighted by atomic mass is 79.9. The van der Waals surface area contributed by atoms with Gasteiger partial charge < -0.3 is 0 Å². The third-order valence-corrected chi connectivity index (χ3v) is 4.33. The second-order valence-corrected chi connectivity index (χ2v) is 5.75. The smallest absolute Gasteiger partial charge is 0.261 e. The fourth-order valence-corrected chi connectivity index (χ4v) is 2.44. The summed E-state index contributed by atoms with van der Waals surface area (Å²) >= 11 is 3.56. The fraction of sp³-hybridized carbons (Fsp3) is 0.429. The second kappa shape index (κ2) is 5.65. The minimum absolute atomic E-state index is 0.154. The lowest BCUT2D eigenvalue weighted by atomic mass is 10.1. The molecule has 96 valence electrons. The normalized spacial score (nSPS) is 16.0.